The van der Waals surface area contributed by atoms with Gasteiger partial charge in [0.25, 0.3) is 0 Å². The zero-order chi connectivity index (χ0) is 23.8. The zero-order valence-electron chi connectivity index (χ0n) is 19.0. The Balaban J connectivity index is 1.54. The summed E-state index contributed by atoms with van der Waals surface area (Å²) < 4.78 is 9.99. The maximum atomic E-state index is 11.5. The summed E-state index contributed by atoms with van der Waals surface area (Å²) in [4.78, 5) is 16.6. The third-order valence-corrected chi connectivity index (χ3v) is 5.70. The summed E-state index contributed by atoms with van der Waals surface area (Å²) in [7, 11) is 1.75. The predicted octanol–water partition coefficient (Wildman–Crippen LogP) is 2.64. The van der Waals surface area contributed by atoms with Crippen molar-refractivity contribution in [2.75, 3.05) is 13.6 Å². The summed E-state index contributed by atoms with van der Waals surface area (Å²) in [5.41, 5.74) is 5.03. The van der Waals surface area contributed by atoms with Gasteiger partial charge in [0.1, 0.15) is 0 Å². The molecule has 2 aromatic carbocycles. The lowest BCUT2D eigenvalue weighted by Gasteiger charge is -2.22. The predicted molar refractivity (Wildman–Crippen MR) is 125 cm³/mol. The molecule has 0 spiro atoms. The van der Waals surface area contributed by atoms with Crippen LogP contribution in [0, 0.1) is 0 Å². The number of H-pyrrole nitrogens is 1. The molecule has 1 unspecified atom stereocenters. The molecule has 0 bridgehead atoms. The van der Waals surface area contributed by atoms with Gasteiger partial charge in [-0.15, -0.1) is 0 Å². The molecule has 33 heavy (non-hydrogen) atoms. The van der Waals surface area contributed by atoms with Crippen LogP contribution in [0.5, 0.6) is 11.5 Å². The summed E-state index contributed by atoms with van der Waals surface area (Å²) in [6, 6.07) is 13.5. The highest BCUT2D eigenvalue weighted by atomic mass is 17.0. The van der Waals surface area contributed by atoms with Crippen LogP contribution in [-0.4, -0.2) is 51.8 Å². The van der Waals surface area contributed by atoms with Gasteiger partial charge in [-0.25, -0.2) is 0 Å². The maximum Gasteiger partial charge on any atom is 0.505 e. The van der Waals surface area contributed by atoms with E-state index in [0.717, 1.165) is 34.3 Å². The number of nitrogens with one attached hydrogen (secondary N) is 2. The number of fused-ring (bicyclic) bond motifs is 2. The lowest BCUT2D eigenvalue weighted by Crippen LogP contribution is -2.37. The molecule has 2 heterocycles. The second-order valence-electron chi connectivity index (χ2n) is 8.57. The molecular weight excluding hydrogens is 422 g/mol. The maximum absolute atomic E-state index is 11.5. The van der Waals surface area contributed by atoms with Gasteiger partial charge in [0, 0.05) is 48.7 Å². The number of benzene rings is 2. The molecule has 0 aliphatic carbocycles. The number of hydrogen-bond donors (Lipinski definition) is 4. The average Bonchev–Trinajstić information content (AvgIpc) is 3.22. The number of hydrogen-bond acceptors (Lipinski definition) is 6. The minimum atomic E-state index is -2.63. The smallest absolute Gasteiger partial charge is 0.403 e. The van der Waals surface area contributed by atoms with Crippen molar-refractivity contribution < 1.29 is 24.5 Å². The van der Waals surface area contributed by atoms with Crippen LogP contribution in [0.25, 0.3) is 10.9 Å². The molecule has 0 saturated carbocycles. The molecule has 1 aromatic heterocycles. The number of amides is 1. The molecule has 0 fully saturated rings. The molecular formula is C25H29N3O5. The minimum absolute atomic E-state index is 0.00659. The quantitative estimate of drug-likeness (QED) is 0.392. The molecule has 4 rings (SSSR count). The first kappa shape index (κ1) is 22.7. The van der Waals surface area contributed by atoms with Crippen LogP contribution in [0.1, 0.15) is 30.7 Å². The number of aromatic amines is 1. The van der Waals surface area contributed by atoms with Gasteiger partial charge in [0.05, 0.1) is 6.54 Å². The molecule has 1 amide bonds. The van der Waals surface area contributed by atoms with Crippen molar-refractivity contribution >= 4 is 16.8 Å². The van der Waals surface area contributed by atoms with Crippen LogP contribution in [0.3, 0.4) is 0 Å². The number of aromatic nitrogens is 1. The lowest BCUT2D eigenvalue weighted by molar-refractivity contribution is -0.385. The number of carbonyl (C=O) groups excluding carboxylic acids is 1. The zero-order valence-corrected chi connectivity index (χ0v) is 19.0. The van der Waals surface area contributed by atoms with E-state index in [2.05, 4.69) is 29.9 Å². The highest BCUT2D eigenvalue weighted by Gasteiger charge is 2.38. The Labute approximate surface area is 192 Å². The number of rotatable bonds is 8. The minimum Gasteiger partial charge on any atom is -0.403 e. The Bertz CT molecular complexity index is 1200. The van der Waals surface area contributed by atoms with Gasteiger partial charge in [0.2, 0.25) is 5.91 Å². The fraction of sp³-hybridized carbons (Fsp3) is 0.320. The standard InChI is InChI=1S/C25H29N3O5/c1-15(26-16(2)14-28(4)17(3)29)11-20-19-7-5-6-8-21(19)27-22(20)12-18-9-10-23-24(13-18)33-25(30,31)32-23/h5-10,13,15,26-27,30-31H,2,11-12,14H2,1,3-4H3. The molecule has 1 aliphatic heterocycles. The van der Waals surface area contributed by atoms with Gasteiger partial charge in [-0.1, -0.05) is 30.8 Å². The molecule has 8 nitrogen and oxygen atoms in total. The van der Waals surface area contributed by atoms with Gasteiger partial charge in [-0.2, -0.15) is 0 Å². The first-order valence-corrected chi connectivity index (χ1v) is 10.8. The number of likely N-dealkylation sites (N-methyl/N-ethyl adjacent to an activating group) is 1. The number of ether oxygens (including phenoxy) is 2. The van der Waals surface area contributed by atoms with E-state index in [0.29, 0.717) is 13.0 Å². The van der Waals surface area contributed by atoms with Crippen molar-refractivity contribution in [1.82, 2.24) is 15.2 Å². The monoisotopic (exact) mass is 451 g/mol. The van der Waals surface area contributed by atoms with Gasteiger partial charge in [0.15, 0.2) is 11.5 Å². The van der Waals surface area contributed by atoms with E-state index in [1.165, 1.54) is 12.5 Å². The summed E-state index contributed by atoms with van der Waals surface area (Å²) >= 11 is 0. The first-order valence-electron chi connectivity index (χ1n) is 10.8. The van der Waals surface area contributed by atoms with Crippen LogP contribution >= 0.6 is 0 Å². The van der Waals surface area contributed by atoms with E-state index in [4.69, 9.17) is 9.47 Å². The van der Waals surface area contributed by atoms with E-state index in [9.17, 15) is 15.0 Å². The Hall–Kier alpha value is -3.49. The molecule has 1 aliphatic rings. The largest absolute Gasteiger partial charge is 0.505 e. The lowest BCUT2D eigenvalue weighted by atomic mass is 9.99. The number of nitrogens with zero attached hydrogens (tertiary/aromatic N) is 1. The second kappa shape index (κ2) is 8.80. The molecule has 3 aromatic rings. The van der Waals surface area contributed by atoms with E-state index >= 15 is 0 Å². The number of carbonyl (C=O) groups is 1. The van der Waals surface area contributed by atoms with E-state index in [1.807, 2.05) is 24.3 Å². The number of aliphatic hydroxyl groups is 2. The third-order valence-electron chi connectivity index (χ3n) is 5.70. The Morgan fingerprint density at radius 1 is 1.21 bits per heavy atom. The van der Waals surface area contributed by atoms with E-state index < -0.39 is 6.16 Å². The summed E-state index contributed by atoms with van der Waals surface area (Å²) in [6.45, 7) is 8.14. The molecule has 0 radical (unpaired) electrons. The van der Waals surface area contributed by atoms with Crippen molar-refractivity contribution in [2.45, 2.75) is 38.9 Å². The molecule has 174 valence electrons. The second-order valence-corrected chi connectivity index (χ2v) is 8.57. The van der Waals surface area contributed by atoms with E-state index in [-0.39, 0.29) is 23.4 Å². The topological polar surface area (TPSA) is 107 Å². The van der Waals surface area contributed by atoms with Gasteiger partial charge in [-0.05, 0) is 42.7 Å². The normalized spacial score (nSPS) is 14.8. The Morgan fingerprint density at radius 2 is 1.94 bits per heavy atom. The van der Waals surface area contributed by atoms with Gasteiger partial charge < -0.3 is 24.7 Å². The van der Waals surface area contributed by atoms with Crippen LogP contribution in [0.4, 0.5) is 0 Å². The Kier molecular flexibility index (Phi) is 6.05. The fourth-order valence-corrected chi connectivity index (χ4v) is 4.13. The van der Waals surface area contributed by atoms with Crippen molar-refractivity contribution in [3.8, 4) is 11.5 Å². The van der Waals surface area contributed by atoms with Crippen LogP contribution < -0.4 is 14.8 Å². The van der Waals surface area contributed by atoms with Crippen molar-refractivity contribution in [1.29, 1.82) is 0 Å². The molecule has 4 N–H and O–H groups in total. The van der Waals surface area contributed by atoms with Gasteiger partial charge >= 0.3 is 6.16 Å². The van der Waals surface area contributed by atoms with E-state index in [1.54, 1.807) is 24.1 Å². The third kappa shape index (κ3) is 5.13. The summed E-state index contributed by atoms with van der Waals surface area (Å²) in [5.74, 6) is 0.566. The highest BCUT2D eigenvalue weighted by molar-refractivity contribution is 5.85. The van der Waals surface area contributed by atoms with Crippen LogP contribution in [0.2, 0.25) is 0 Å². The fourth-order valence-electron chi connectivity index (χ4n) is 4.13. The summed E-state index contributed by atoms with van der Waals surface area (Å²) in [5, 5.41) is 23.7. The van der Waals surface area contributed by atoms with Crippen LogP contribution in [-0.2, 0) is 17.6 Å². The Morgan fingerprint density at radius 3 is 2.70 bits per heavy atom. The molecule has 1 atom stereocenters. The molecule has 8 heteroatoms. The number of para-hydroxylation sites is 1. The molecule has 0 saturated heterocycles. The van der Waals surface area contributed by atoms with Gasteiger partial charge in [-0.3, -0.25) is 15.0 Å². The highest BCUT2D eigenvalue weighted by Crippen LogP contribution is 2.38. The SMILES string of the molecule is C=C(CN(C)C(C)=O)NC(C)Cc1c(Cc2ccc3c(c2)OC(O)(O)O3)[nH]c2ccccc12. The summed E-state index contributed by atoms with van der Waals surface area (Å²) in [6.07, 6.45) is -1.28. The first-order chi connectivity index (χ1) is 15.6. The van der Waals surface area contributed by atoms with Crippen molar-refractivity contribution in [3.05, 3.63) is 71.6 Å². The van der Waals surface area contributed by atoms with Crippen LogP contribution in [0.15, 0.2) is 54.7 Å². The average molecular weight is 452 g/mol. The van der Waals surface area contributed by atoms with Crippen molar-refractivity contribution in [2.24, 2.45) is 0 Å². The van der Waals surface area contributed by atoms with Crippen molar-refractivity contribution in [3.63, 3.8) is 0 Å².